The zero-order valence-corrected chi connectivity index (χ0v) is 12.2. The second-order valence-corrected chi connectivity index (χ2v) is 4.95. The first-order valence-electron chi connectivity index (χ1n) is 6.79. The van der Waals surface area contributed by atoms with Crippen molar-refractivity contribution in [1.29, 1.82) is 0 Å². The number of hydrogen-bond donors (Lipinski definition) is 2. The van der Waals surface area contributed by atoms with E-state index in [-0.39, 0.29) is 5.91 Å². The van der Waals surface area contributed by atoms with Gasteiger partial charge in [0.15, 0.2) is 0 Å². The molecule has 1 amide bonds. The highest BCUT2D eigenvalue weighted by Gasteiger charge is 2.16. The van der Waals surface area contributed by atoms with Gasteiger partial charge < -0.3 is 15.6 Å². The lowest BCUT2D eigenvalue weighted by atomic mass is 10.2. The maximum absolute atomic E-state index is 12.1. The Bertz CT molecular complexity index is 629. The molecular formula is C16H21N3O. The molecule has 0 aliphatic heterocycles. The van der Waals surface area contributed by atoms with Gasteiger partial charge in [0.25, 0.3) is 5.91 Å². The highest BCUT2D eigenvalue weighted by atomic mass is 16.1. The average Bonchev–Trinajstić information content (AvgIpc) is 2.72. The number of aryl methyl sites for hydroxylation is 2. The molecule has 0 saturated heterocycles. The highest BCUT2D eigenvalue weighted by molar-refractivity contribution is 5.95. The number of rotatable bonds is 4. The lowest BCUT2D eigenvalue weighted by Crippen LogP contribution is -2.29. The summed E-state index contributed by atoms with van der Waals surface area (Å²) in [5, 5.41) is 2.82. The van der Waals surface area contributed by atoms with Crippen LogP contribution in [-0.4, -0.2) is 23.6 Å². The Kier molecular flexibility index (Phi) is 4.25. The Balaban J connectivity index is 2.45. The van der Waals surface area contributed by atoms with Gasteiger partial charge in [0.1, 0.15) is 0 Å². The predicted molar refractivity (Wildman–Crippen MR) is 81.4 cm³/mol. The molecular weight excluding hydrogens is 250 g/mol. The first-order chi connectivity index (χ1) is 9.56. The number of benzene rings is 1. The van der Waals surface area contributed by atoms with E-state index in [1.807, 2.05) is 32.0 Å². The van der Waals surface area contributed by atoms with Crippen molar-refractivity contribution in [3.8, 4) is 5.69 Å². The van der Waals surface area contributed by atoms with Gasteiger partial charge in [0, 0.05) is 30.2 Å². The third-order valence-corrected chi connectivity index (χ3v) is 3.46. The molecule has 1 heterocycles. The Morgan fingerprint density at radius 3 is 2.60 bits per heavy atom. The molecule has 0 unspecified atom stereocenters. The van der Waals surface area contributed by atoms with E-state index in [4.69, 9.17) is 5.73 Å². The highest BCUT2D eigenvalue weighted by Crippen LogP contribution is 2.23. The molecule has 1 aromatic heterocycles. The van der Waals surface area contributed by atoms with Gasteiger partial charge in [-0.2, -0.15) is 0 Å². The molecule has 2 rings (SSSR count). The summed E-state index contributed by atoms with van der Waals surface area (Å²) in [4.78, 5) is 12.1. The topological polar surface area (TPSA) is 60.0 Å². The summed E-state index contributed by atoms with van der Waals surface area (Å²) in [6, 6.07) is 10.1. The minimum absolute atomic E-state index is 0.0663. The first kappa shape index (κ1) is 14.3. The predicted octanol–water partition coefficient (Wildman–Crippen LogP) is 2.09. The van der Waals surface area contributed by atoms with Gasteiger partial charge in [0.05, 0.1) is 5.56 Å². The molecule has 0 spiro atoms. The summed E-state index contributed by atoms with van der Waals surface area (Å²) in [5.41, 5.74) is 10.4. The standard InChI is InChI=1S/C16H21N3O/c1-11-6-4-5-7-15(11)19-12(2)10-14(13(19)3)16(20)18-9-8-17/h4-7,10H,8-9,17H2,1-3H3,(H,18,20). The Morgan fingerprint density at radius 2 is 1.95 bits per heavy atom. The maximum Gasteiger partial charge on any atom is 0.253 e. The largest absolute Gasteiger partial charge is 0.351 e. The SMILES string of the molecule is Cc1ccccc1-n1c(C)cc(C(=O)NCCN)c1C. The van der Waals surface area contributed by atoms with Crippen LogP contribution in [0.5, 0.6) is 0 Å². The van der Waals surface area contributed by atoms with Crippen molar-refractivity contribution in [3.05, 3.63) is 52.8 Å². The van der Waals surface area contributed by atoms with Gasteiger partial charge in [-0.15, -0.1) is 0 Å². The quantitative estimate of drug-likeness (QED) is 0.894. The Hall–Kier alpha value is -2.07. The van der Waals surface area contributed by atoms with Gasteiger partial charge in [-0.25, -0.2) is 0 Å². The van der Waals surface area contributed by atoms with Gasteiger partial charge >= 0.3 is 0 Å². The first-order valence-corrected chi connectivity index (χ1v) is 6.79. The number of para-hydroxylation sites is 1. The van der Waals surface area contributed by atoms with E-state index in [1.54, 1.807) is 0 Å². The Morgan fingerprint density at radius 1 is 1.25 bits per heavy atom. The van der Waals surface area contributed by atoms with Gasteiger partial charge in [-0.1, -0.05) is 18.2 Å². The molecule has 0 saturated carbocycles. The van der Waals surface area contributed by atoms with Crippen LogP contribution in [0.3, 0.4) is 0 Å². The van der Waals surface area contributed by atoms with E-state index < -0.39 is 0 Å². The summed E-state index contributed by atoms with van der Waals surface area (Å²) < 4.78 is 2.12. The van der Waals surface area contributed by atoms with Crippen LogP contribution >= 0.6 is 0 Å². The summed E-state index contributed by atoms with van der Waals surface area (Å²) in [6.07, 6.45) is 0. The number of carbonyl (C=O) groups excluding carboxylic acids is 1. The Labute approximate surface area is 119 Å². The van der Waals surface area contributed by atoms with Crippen molar-refractivity contribution in [1.82, 2.24) is 9.88 Å². The molecule has 2 aromatic rings. The number of nitrogens with one attached hydrogen (secondary N) is 1. The molecule has 106 valence electrons. The number of nitrogens with zero attached hydrogens (tertiary/aromatic N) is 1. The van der Waals surface area contributed by atoms with Gasteiger partial charge in [-0.3, -0.25) is 4.79 Å². The van der Waals surface area contributed by atoms with E-state index in [2.05, 4.69) is 28.9 Å². The average molecular weight is 271 g/mol. The van der Waals surface area contributed by atoms with E-state index in [9.17, 15) is 4.79 Å². The van der Waals surface area contributed by atoms with Crippen LogP contribution in [-0.2, 0) is 0 Å². The molecule has 0 aliphatic carbocycles. The minimum Gasteiger partial charge on any atom is -0.351 e. The van der Waals surface area contributed by atoms with Crippen molar-refractivity contribution in [2.75, 3.05) is 13.1 Å². The van der Waals surface area contributed by atoms with Crippen LogP contribution in [0.2, 0.25) is 0 Å². The van der Waals surface area contributed by atoms with Crippen LogP contribution in [0.4, 0.5) is 0 Å². The van der Waals surface area contributed by atoms with Gasteiger partial charge in [0.2, 0.25) is 0 Å². The fourth-order valence-electron chi connectivity index (χ4n) is 2.46. The third-order valence-electron chi connectivity index (χ3n) is 3.46. The molecule has 0 fully saturated rings. The number of amides is 1. The van der Waals surface area contributed by atoms with Crippen molar-refractivity contribution < 1.29 is 4.79 Å². The molecule has 3 N–H and O–H groups in total. The maximum atomic E-state index is 12.1. The van der Waals surface area contributed by atoms with Gasteiger partial charge in [-0.05, 0) is 38.5 Å². The normalized spacial score (nSPS) is 10.6. The zero-order chi connectivity index (χ0) is 14.7. The molecule has 0 radical (unpaired) electrons. The molecule has 4 nitrogen and oxygen atoms in total. The second kappa shape index (κ2) is 5.92. The van der Waals surface area contributed by atoms with Crippen LogP contribution < -0.4 is 11.1 Å². The summed E-state index contributed by atoms with van der Waals surface area (Å²) in [6.45, 7) is 6.99. The number of carbonyl (C=O) groups is 1. The lowest BCUT2D eigenvalue weighted by molar-refractivity contribution is 0.0954. The third kappa shape index (κ3) is 2.60. The van der Waals surface area contributed by atoms with Crippen LogP contribution in [0, 0.1) is 20.8 Å². The smallest absolute Gasteiger partial charge is 0.253 e. The molecule has 1 aromatic carbocycles. The summed E-state index contributed by atoms with van der Waals surface area (Å²) >= 11 is 0. The fraction of sp³-hybridized carbons (Fsp3) is 0.312. The van der Waals surface area contributed by atoms with Crippen LogP contribution in [0.1, 0.15) is 27.3 Å². The zero-order valence-electron chi connectivity index (χ0n) is 12.2. The number of hydrogen-bond acceptors (Lipinski definition) is 2. The van der Waals surface area contributed by atoms with E-state index in [0.29, 0.717) is 18.7 Å². The van der Waals surface area contributed by atoms with E-state index >= 15 is 0 Å². The molecule has 0 aliphatic rings. The van der Waals surface area contributed by atoms with E-state index in [0.717, 1.165) is 17.1 Å². The lowest BCUT2D eigenvalue weighted by Gasteiger charge is -2.12. The van der Waals surface area contributed by atoms with Crippen molar-refractivity contribution in [2.45, 2.75) is 20.8 Å². The van der Waals surface area contributed by atoms with Crippen LogP contribution in [0.15, 0.2) is 30.3 Å². The van der Waals surface area contributed by atoms with Crippen LogP contribution in [0.25, 0.3) is 5.69 Å². The number of nitrogens with two attached hydrogens (primary N) is 1. The molecule has 0 atom stereocenters. The fourth-order valence-corrected chi connectivity index (χ4v) is 2.46. The molecule has 0 bridgehead atoms. The summed E-state index contributed by atoms with van der Waals surface area (Å²) in [5.74, 6) is -0.0663. The van der Waals surface area contributed by atoms with Crippen molar-refractivity contribution in [3.63, 3.8) is 0 Å². The van der Waals surface area contributed by atoms with E-state index in [1.165, 1.54) is 5.56 Å². The van der Waals surface area contributed by atoms with Crippen molar-refractivity contribution >= 4 is 5.91 Å². The van der Waals surface area contributed by atoms with Crippen molar-refractivity contribution in [2.24, 2.45) is 5.73 Å². The minimum atomic E-state index is -0.0663. The number of aromatic nitrogens is 1. The monoisotopic (exact) mass is 271 g/mol. The molecule has 20 heavy (non-hydrogen) atoms. The second-order valence-electron chi connectivity index (χ2n) is 4.95. The summed E-state index contributed by atoms with van der Waals surface area (Å²) in [7, 11) is 0. The molecule has 4 heteroatoms.